The van der Waals surface area contributed by atoms with Gasteiger partial charge >= 0.3 is 0 Å². The first-order valence-corrected chi connectivity index (χ1v) is 8.92. The minimum absolute atomic E-state index is 0.202. The van der Waals surface area contributed by atoms with Gasteiger partial charge in [-0.3, -0.25) is 4.55 Å². The van der Waals surface area contributed by atoms with Gasteiger partial charge in [-0.2, -0.15) is 8.42 Å². The molecule has 3 N–H and O–H groups in total. The number of rotatable bonds is 5. The molecule has 0 aliphatic heterocycles. The number of anilines is 1. The molecule has 3 aromatic rings. The van der Waals surface area contributed by atoms with Crippen LogP contribution < -0.4 is 10.1 Å². The first kappa shape index (κ1) is 17.1. The predicted octanol–water partition coefficient (Wildman–Crippen LogP) is 3.41. The standard InChI is InChI=1S/C18H17NO5S/c1-24-15-5-2-12(3-6-15)11-19-14-4-7-17-13(8-14)9-16(10-18(17)20)25(21,22)23/h2-10,19-20H,11H2,1H3,(H,21,22,23). The summed E-state index contributed by atoms with van der Waals surface area (Å²) in [4.78, 5) is -0.343. The molecule has 7 heteroatoms. The molecule has 0 atom stereocenters. The van der Waals surface area contributed by atoms with E-state index in [1.54, 1.807) is 25.3 Å². The Balaban J connectivity index is 1.86. The van der Waals surface area contributed by atoms with Crippen molar-refractivity contribution in [1.82, 2.24) is 0 Å². The zero-order valence-electron chi connectivity index (χ0n) is 13.4. The van der Waals surface area contributed by atoms with Crippen molar-refractivity contribution >= 4 is 26.6 Å². The van der Waals surface area contributed by atoms with Crippen LogP contribution in [0.2, 0.25) is 0 Å². The van der Waals surface area contributed by atoms with Gasteiger partial charge in [-0.1, -0.05) is 12.1 Å². The lowest BCUT2D eigenvalue weighted by molar-refractivity contribution is 0.414. The number of aromatic hydroxyl groups is 1. The van der Waals surface area contributed by atoms with Crippen molar-refractivity contribution in [3.63, 3.8) is 0 Å². The summed E-state index contributed by atoms with van der Waals surface area (Å²) >= 11 is 0. The Hall–Kier alpha value is -2.77. The maximum Gasteiger partial charge on any atom is 0.294 e. The molecule has 0 heterocycles. The topological polar surface area (TPSA) is 95.9 Å². The lowest BCUT2D eigenvalue weighted by Gasteiger charge is -2.10. The quantitative estimate of drug-likeness (QED) is 0.604. The van der Waals surface area contributed by atoms with Gasteiger partial charge in [-0.15, -0.1) is 0 Å². The summed E-state index contributed by atoms with van der Waals surface area (Å²) < 4.78 is 36.9. The van der Waals surface area contributed by atoms with Crippen molar-refractivity contribution in [3.8, 4) is 11.5 Å². The van der Waals surface area contributed by atoms with E-state index in [1.807, 2.05) is 24.3 Å². The van der Waals surface area contributed by atoms with Gasteiger partial charge < -0.3 is 15.2 Å². The molecule has 0 saturated carbocycles. The van der Waals surface area contributed by atoms with Gasteiger partial charge in [0.1, 0.15) is 11.5 Å². The Morgan fingerprint density at radius 1 is 1.04 bits per heavy atom. The molecular formula is C18H17NO5S. The summed E-state index contributed by atoms with van der Waals surface area (Å²) in [5.74, 6) is 0.578. The maximum atomic E-state index is 11.3. The van der Waals surface area contributed by atoms with Crippen molar-refractivity contribution in [3.05, 3.63) is 60.2 Å². The van der Waals surface area contributed by atoms with Crippen LogP contribution in [0.5, 0.6) is 11.5 Å². The number of methoxy groups -OCH3 is 1. The minimum Gasteiger partial charge on any atom is -0.507 e. The van der Waals surface area contributed by atoms with E-state index in [1.165, 1.54) is 6.07 Å². The summed E-state index contributed by atoms with van der Waals surface area (Å²) in [7, 11) is -2.77. The Labute approximate surface area is 145 Å². The predicted molar refractivity (Wildman–Crippen MR) is 95.7 cm³/mol. The third-order valence-corrected chi connectivity index (χ3v) is 4.69. The number of phenols is 1. The first-order valence-electron chi connectivity index (χ1n) is 7.48. The summed E-state index contributed by atoms with van der Waals surface area (Å²) in [6.45, 7) is 0.569. The van der Waals surface area contributed by atoms with Crippen molar-refractivity contribution in [2.24, 2.45) is 0 Å². The molecule has 0 saturated heterocycles. The summed E-state index contributed by atoms with van der Waals surface area (Å²) in [5.41, 5.74) is 1.81. The van der Waals surface area contributed by atoms with Crippen LogP contribution in [0, 0.1) is 0 Å². The second-order valence-electron chi connectivity index (χ2n) is 5.56. The van der Waals surface area contributed by atoms with E-state index in [0.29, 0.717) is 17.3 Å². The third kappa shape index (κ3) is 3.84. The molecule has 130 valence electrons. The lowest BCUT2D eigenvalue weighted by Crippen LogP contribution is -2.00. The highest BCUT2D eigenvalue weighted by Crippen LogP contribution is 2.30. The van der Waals surface area contributed by atoms with Crippen molar-refractivity contribution in [1.29, 1.82) is 0 Å². The molecule has 0 aliphatic rings. The molecule has 3 rings (SSSR count). The second-order valence-corrected chi connectivity index (χ2v) is 6.98. The van der Waals surface area contributed by atoms with E-state index in [2.05, 4.69) is 5.32 Å². The minimum atomic E-state index is -4.38. The van der Waals surface area contributed by atoms with E-state index in [0.717, 1.165) is 23.1 Å². The maximum absolute atomic E-state index is 11.3. The van der Waals surface area contributed by atoms with Crippen LogP contribution in [0.15, 0.2) is 59.5 Å². The van der Waals surface area contributed by atoms with Gasteiger partial charge in [0.25, 0.3) is 10.1 Å². The number of nitrogens with one attached hydrogen (secondary N) is 1. The number of fused-ring (bicyclic) bond motifs is 1. The Morgan fingerprint density at radius 3 is 2.40 bits per heavy atom. The molecular weight excluding hydrogens is 342 g/mol. The van der Waals surface area contributed by atoms with Gasteiger partial charge in [-0.05, 0) is 47.3 Å². The zero-order valence-corrected chi connectivity index (χ0v) is 14.2. The van der Waals surface area contributed by atoms with Crippen LogP contribution in [-0.4, -0.2) is 25.2 Å². The summed E-state index contributed by atoms with van der Waals surface area (Å²) in [5, 5.41) is 14.2. The van der Waals surface area contributed by atoms with Crippen LogP contribution in [-0.2, 0) is 16.7 Å². The average molecular weight is 359 g/mol. The fraction of sp³-hybridized carbons (Fsp3) is 0.111. The van der Waals surface area contributed by atoms with E-state index in [9.17, 15) is 18.1 Å². The highest BCUT2D eigenvalue weighted by Gasteiger charge is 2.13. The van der Waals surface area contributed by atoms with Gasteiger partial charge in [0.05, 0.1) is 12.0 Å². The van der Waals surface area contributed by atoms with Crippen LogP contribution >= 0.6 is 0 Å². The third-order valence-electron chi connectivity index (χ3n) is 3.86. The Bertz CT molecular complexity index is 1010. The molecule has 0 unspecified atom stereocenters. The van der Waals surface area contributed by atoms with Gasteiger partial charge in [0, 0.05) is 23.7 Å². The van der Waals surface area contributed by atoms with Crippen LogP contribution in [0.1, 0.15) is 5.56 Å². The zero-order chi connectivity index (χ0) is 18.0. The molecule has 0 radical (unpaired) electrons. The molecule has 0 spiro atoms. The van der Waals surface area contributed by atoms with Gasteiger partial charge in [0.15, 0.2) is 0 Å². The van der Waals surface area contributed by atoms with Crippen molar-refractivity contribution < 1.29 is 22.8 Å². The molecule has 25 heavy (non-hydrogen) atoms. The highest BCUT2D eigenvalue weighted by molar-refractivity contribution is 7.85. The number of ether oxygens (including phenoxy) is 1. The fourth-order valence-corrected chi connectivity index (χ4v) is 3.07. The van der Waals surface area contributed by atoms with Crippen LogP contribution in [0.3, 0.4) is 0 Å². The smallest absolute Gasteiger partial charge is 0.294 e. The Morgan fingerprint density at radius 2 is 1.76 bits per heavy atom. The number of phenolic OH excluding ortho intramolecular Hbond substituents is 1. The van der Waals surface area contributed by atoms with E-state index in [-0.39, 0.29) is 10.6 Å². The monoisotopic (exact) mass is 359 g/mol. The van der Waals surface area contributed by atoms with Crippen molar-refractivity contribution in [2.45, 2.75) is 11.4 Å². The van der Waals surface area contributed by atoms with Crippen LogP contribution in [0.4, 0.5) is 5.69 Å². The SMILES string of the molecule is COc1ccc(CNc2ccc3c(O)cc(S(=O)(=O)O)cc3c2)cc1. The molecule has 0 amide bonds. The molecule has 6 nitrogen and oxygen atoms in total. The number of hydrogen-bond donors (Lipinski definition) is 3. The highest BCUT2D eigenvalue weighted by atomic mass is 32.2. The molecule has 3 aromatic carbocycles. The van der Waals surface area contributed by atoms with Crippen LogP contribution in [0.25, 0.3) is 10.8 Å². The largest absolute Gasteiger partial charge is 0.507 e. The normalized spacial score (nSPS) is 11.4. The fourth-order valence-electron chi connectivity index (χ4n) is 2.53. The lowest BCUT2D eigenvalue weighted by atomic mass is 10.1. The second kappa shape index (κ2) is 6.62. The summed E-state index contributed by atoms with van der Waals surface area (Å²) in [6.07, 6.45) is 0. The molecule has 0 bridgehead atoms. The number of benzene rings is 3. The van der Waals surface area contributed by atoms with Crippen molar-refractivity contribution in [2.75, 3.05) is 12.4 Å². The molecule has 0 fully saturated rings. The molecule has 0 aromatic heterocycles. The van der Waals surface area contributed by atoms with E-state index < -0.39 is 10.1 Å². The van der Waals surface area contributed by atoms with E-state index in [4.69, 9.17) is 4.74 Å². The van der Waals surface area contributed by atoms with E-state index >= 15 is 0 Å². The first-order chi connectivity index (χ1) is 11.9. The molecule has 0 aliphatic carbocycles. The number of hydrogen-bond acceptors (Lipinski definition) is 5. The van der Waals surface area contributed by atoms with Gasteiger partial charge in [0.2, 0.25) is 0 Å². The Kier molecular flexibility index (Phi) is 4.52. The average Bonchev–Trinajstić information content (AvgIpc) is 2.59. The van der Waals surface area contributed by atoms with Gasteiger partial charge in [-0.25, -0.2) is 0 Å². The summed E-state index contributed by atoms with van der Waals surface area (Å²) in [6, 6.07) is 15.2.